The van der Waals surface area contributed by atoms with Crippen molar-refractivity contribution in [2.75, 3.05) is 31.3 Å². The maximum absolute atomic E-state index is 13.0. The number of carbonyl (C=O) groups is 2. The summed E-state index contributed by atoms with van der Waals surface area (Å²) >= 11 is 2.32. The zero-order valence-electron chi connectivity index (χ0n) is 16.6. The molecule has 31 heavy (non-hydrogen) atoms. The number of anilines is 1. The number of amides is 1. The summed E-state index contributed by atoms with van der Waals surface area (Å²) in [7, 11) is -2.25. The second-order valence-electron chi connectivity index (χ2n) is 6.78. The number of nitrogens with zero attached hydrogens (tertiary/aromatic N) is 3. The number of piperidine rings is 1. The molecule has 0 bridgehead atoms. The van der Waals surface area contributed by atoms with Gasteiger partial charge in [0.1, 0.15) is 5.82 Å². The smallest absolute Gasteiger partial charge is 0.316 e. The molecule has 1 aliphatic rings. The van der Waals surface area contributed by atoms with Crippen molar-refractivity contribution in [2.24, 2.45) is 5.92 Å². The summed E-state index contributed by atoms with van der Waals surface area (Å²) in [5, 5.41) is 10.8. The van der Waals surface area contributed by atoms with Crippen molar-refractivity contribution in [1.29, 1.82) is 0 Å². The van der Waals surface area contributed by atoms with Gasteiger partial charge in [0.25, 0.3) is 0 Å². The predicted molar refractivity (Wildman–Crippen MR) is 115 cm³/mol. The van der Waals surface area contributed by atoms with Crippen LogP contribution in [0.4, 0.5) is 9.52 Å². The van der Waals surface area contributed by atoms with Gasteiger partial charge < -0.3 is 10.1 Å². The zero-order chi connectivity index (χ0) is 22.4. The van der Waals surface area contributed by atoms with Crippen molar-refractivity contribution in [2.45, 2.75) is 22.9 Å². The number of halogens is 1. The first-order valence-corrected chi connectivity index (χ1v) is 12.7. The van der Waals surface area contributed by atoms with Crippen molar-refractivity contribution < 1.29 is 27.1 Å². The van der Waals surface area contributed by atoms with E-state index in [0.717, 1.165) is 11.3 Å². The van der Waals surface area contributed by atoms with Gasteiger partial charge in [-0.25, -0.2) is 17.1 Å². The van der Waals surface area contributed by atoms with Crippen LogP contribution in [0.1, 0.15) is 18.4 Å². The Kier molecular flexibility index (Phi) is 7.97. The van der Waals surface area contributed by atoms with Crippen molar-refractivity contribution in [3.63, 3.8) is 0 Å². The monoisotopic (exact) mass is 488 g/mol. The number of rotatable bonds is 8. The van der Waals surface area contributed by atoms with Gasteiger partial charge in [0.2, 0.25) is 21.1 Å². The second-order valence-corrected chi connectivity index (χ2v) is 11.0. The Morgan fingerprint density at radius 1 is 1.26 bits per heavy atom. The average molecular weight is 489 g/mol. The van der Waals surface area contributed by atoms with E-state index in [0.29, 0.717) is 27.9 Å². The summed E-state index contributed by atoms with van der Waals surface area (Å²) in [6.07, 6.45) is 0.772. The molecule has 1 aromatic carbocycles. The minimum atomic E-state index is -3.55. The highest BCUT2D eigenvalue weighted by atomic mass is 32.2. The van der Waals surface area contributed by atoms with Gasteiger partial charge in [0.15, 0.2) is 4.34 Å². The van der Waals surface area contributed by atoms with Crippen LogP contribution in [0.25, 0.3) is 0 Å². The lowest BCUT2D eigenvalue weighted by molar-refractivity contribution is -0.137. The number of aromatic nitrogens is 2. The van der Waals surface area contributed by atoms with Crippen LogP contribution in [0.2, 0.25) is 0 Å². The Balaban J connectivity index is 1.48. The van der Waals surface area contributed by atoms with Crippen LogP contribution in [0.5, 0.6) is 0 Å². The fourth-order valence-corrected chi connectivity index (χ4v) is 6.14. The van der Waals surface area contributed by atoms with E-state index in [2.05, 4.69) is 20.3 Å². The SMILES string of the molecule is COC(=O)CSc1nnc(NC(=O)C2CCN(S(=O)(=O)Cc3ccc(F)cc3)CC2)s1. The summed E-state index contributed by atoms with van der Waals surface area (Å²) in [5.41, 5.74) is 0.512. The molecule has 0 aliphatic carbocycles. The van der Waals surface area contributed by atoms with E-state index in [-0.39, 0.29) is 42.4 Å². The number of methoxy groups -OCH3 is 1. The summed E-state index contributed by atoms with van der Waals surface area (Å²) in [6.45, 7) is 0.468. The van der Waals surface area contributed by atoms with Crippen molar-refractivity contribution in [1.82, 2.24) is 14.5 Å². The molecule has 0 radical (unpaired) electrons. The standard InChI is InChI=1S/C18H21FN4O5S3/c1-28-15(24)10-29-18-22-21-17(30-18)20-16(25)13-6-8-23(9-7-13)31(26,27)11-12-2-4-14(19)5-3-12/h2-5,13H,6-11H2,1H3,(H,20,21,25). The van der Waals surface area contributed by atoms with E-state index in [1.54, 1.807) is 0 Å². The zero-order valence-corrected chi connectivity index (χ0v) is 19.1. The minimum Gasteiger partial charge on any atom is -0.468 e. The van der Waals surface area contributed by atoms with Gasteiger partial charge in [-0.05, 0) is 30.5 Å². The van der Waals surface area contributed by atoms with Gasteiger partial charge in [-0.3, -0.25) is 9.59 Å². The first-order chi connectivity index (χ1) is 14.8. The quantitative estimate of drug-likeness (QED) is 0.341. The number of thioether (sulfide) groups is 1. The summed E-state index contributed by atoms with van der Waals surface area (Å²) in [5.74, 6) is -1.49. The molecular weight excluding hydrogens is 467 g/mol. The fourth-order valence-electron chi connectivity index (χ4n) is 2.98. The van der Waals surface area contributed by atoms with E-state index in [1.807, 2.05) is 0 Å². The number of hydrogen-bond donors (Lipinski definition) is 1. The van der Waals surface area contributed by atoms with Crippen LogP contribution >= 0.6 is 23.1 Å². The van der Waals surface area contributed by atoms with Gasteiger partial charge >= 0.3 is 5.97 Å². The topological polar surface area (TPSA) is 119 Å². The third-order valence-electron chi connectivity index (χ3n) is 4.66. The Bertz CT molecular complexity index is 1020. The average Bonchev–Trinajstić information content (AvgIpc) is 3.20. The molecule has 0 saturated carbocycles. The lowest BCUT2D eigenvalue weighted by Crippen LogP contribution is -2.41. The molecule has 1 N–H and O–H groups in total. The molecule has 1 amide bonds. The highest BCUT2D eigenvalue weighted by molar-refractivity contribution is 8.01. The molecule has 0 unspecified atom stereocenters. The third-order valence-corrected chi connectivity index (χ3v) is 8.45. The second kappa shape index (κ2) is 10.5. The molecule has 1 fully saturated rings. The number of nitrogens with one attached hydrogen (secondary N) is 1. The molecule has 1 aliphatic heterocycles. The van der Waals surface area contributed by atoms with Crippen molar-refractivity contribution >= 4 is 50.1 Å². The molecule has 0 spiro atoms. The van der Waals surface area contributed by atoms with Gasteiger partial charge in [0.05, 0.1) is 18.6 Å². The van der Waals surface area contributed by atoms with Gasteiger partial charge in [-0.2, -0.15) is 0 Å². The van der Waals surface area contributed by atoms with Crippen LogP contribution in [0, 0.1) is 11.7 Å². The number of hydrogen-bond acceptors (Lipinski definition) is 9. The number of benzene rings is 1. The van der Waals surface area contributed by atoms with Crippen LogP contribution in [-0.4, -0.2) is 60.7 Å². The largest absolute Gasteiger partial charge is 0.468 e. The Labute approximate surface area is 187 Å². The molecular formula is C18H21FN4O5S3. The van der Waals surface area contributed by atoms with Gasteiger partial charge in [-0.15, -0.1) is 10.2 Å². The van der Waals surface area contributed by atoms with Crippen LogP contribution in [0.15, 0.2) is 28.6 Å². The van der Waals surface area contributed by atoms with Crippen molar-refractivity contribution in [3.05, 3.63) is 35.6 Å². The van der Waals surface area contributed by atoms with Crippen LogP contribution in [-0.2, 0) is 30.1 Å². The van der Waals surface area contributed by atoms with E-state index in [9.17, 15) is 22.4 Å². The normalized spacial score (nSPS) is 15.5. The molecule has 2 heterocycles. The number of carbonyl (C=O) groups excluding carboxylic acids is 2. The minimum absolute atomic E-state index is 0.101. The van der Waals surface area contributed by atoms with Crippen molar-refractivity contribution in [3.8, 4) is 0 Å². The van der Waals surface area contributed by atoms with Gasteiger partial charge in [0, 0.05) is 19.0 Å². The molecule has 3 rings (SSSR count). The molecule has 2 aromatic rings. The van der Waals surface area contributed by atoms with E-state index in [4.69, 9.17) is 0 Å². The van der Waals surface area contributed by atoms with Crippen LogP contribution in [0.3, 0.4) is 0 Å². The Hall–Kier alpha value is -2.09. The third kappa shape index (κ3) is 6.69. The molecule has 1 aromatic heterocycles. The maximum atomic E-state index is 13.0. The highest BCUT2D eigenvalue weighted by Crippen LogP contribution is 2.27. The lowest BCUT2D eigenvalue weighted by Gasteiger charge is -2.30. The number of esters is 1. The lowest BCUT2D eigenvalue weighted by atomic mass is 9.97. The molecule has 168 valence electrons. The van der Waals surface area contributed by atoms with E-state index >= 15 is 0 Å². The molecule has 13 heteroatoms. The predicted octanol–water partition coefficient (Wildman–Crippen LogP) is 2.12. The van der Waals surface area contributed by atoms with E-state index in [1.165, 1.54) is 47.4 Å². The summed E-state index contributed by atoms with van der Waals surface area (Å²) in [4.78, 5) is 23.7. The Morgan fingerprint density at radius 2 is 1.94 bits per heavy atom. The molecule has 0 atom stereocenters. The summed E-state index contributed by atoms with van der Waals surface area (Å²) in [6, 6.07) is 5.36. The Morgan fingerprint density at radius 3 is 2.58 bits per heavy atom. The van der Waals surface area contributed by atoms with Crippen LogP contribution < -0.4 is 5.32 Å². The van der Waals surface area contributed by atoms with Gasteiger partial charge in [-0.1, -0.05) is 35.2 Å². The number of ether oxygens (including phenoxy) is 1. The first-order valence-electron chi connectivity index (χ1n) is 9.33. The first kappa shape index (κ1) is 23.6. The maximum Gasteiger partial charge on any atom is 0.316 e. The fraction of sp³-hybridized carbons (Fsp3) is 0.444. The number of sulfonamides is 1. The highest BCUT2D eigenvalue weighted by Gasteiger charge is 2.31. The molecule has 1 saturated heterocycles. The molecule has 9 nitrogen and oxygen atoms in total. The summed E-state index contributed by atoms with van der Waals surface area (Å²) < 4.78 is 44.7. The van der Waals surface area contributed by atoms with E-state index < -0.39 is 15.8 Å².